The molecule has 0 radical (unpaired) electrons. The van der Waals surface area contributed by atoms with Crippen LogP contribution in [0.15, 0.2) is 52.9 Å². The molecular weight excluding hydrogens is 342 g/mol. The van der Waals surface area contributed by atoms with Gasteiger partial charge in [-0.25, -0.2) is 4.98 Å². The van der Waals surface area contributed by atoms with Gasteiger partial charge < -0.3 is 15.1 Å². The number of oxazole rings is 1. The van der Waals surface area contributed by atoms with Crippen LogP contribution < -0.4 is 10.6 Å². The van der Waals surface area contributed by atoms with Gasteiger partial charge in [0.25, 0.3) is 0 Å². The molecule has 6 nitrogen and oxygen atoms in total. The minimum absolute atomic E-state index is 0.103. The highest BCUT2D eigenvalue weighted by molar-refractivity contribution is 5.95. The van der Waals surface area contributed by atoms with Gasteiger partial charge in [-0.1, -0.05) is 24.3 Å². The summed E-state index contributed by atoms with van der Waals surface area (Å²) in [7, 11) is 0. The average Bonchev–Trinajstić information content (AvgIpc) is 2.99. The summed E-state index contributed by atoms with van der Waals surface area (Å²) in [4.78, 5) is 28.2. The second-order valence-corrected chi connectivity index (χ2v) is 6.32. The largest absolute Gasteiger partial charge is 0.441 e. The Morgan fingerprint density at radius 3 is 2.48 bits per heavy atom. The Labute approximate surface area is 157 Å². The summed E-state index contributed by atoms with van der Waals surface area (Å²) in [5, 5.41) is 5.59. The number of carbonyl (C=O) groups is 2. The Balaban J connectivity index is 1.73. The van der Waals surface area contributed by atoms with Crippen LogP contribution >= 0.6 is 0 Å². The van der Waals surface area contributed by atoms with Crippen LogP contribution in [0.5, 0.6) is 0 Å². The molecule has 0 aliphatic heterocycles. The molecule has 1 heterocycles. The average molecular weight is 363 g/mol. The molecule has 138 valence electrons. The van der Waals surface area contributed by atoms with Crippen LogP contribution in [0.3, 0.4) is 0 Å². The Morgan fingerprint density at radius 1 is 1.04 bits per heavy atom. The van der Waals surface area contributed by atoms with Gasteiger partial charge in [0.1, 0.15) is 5.76 Å². The Morgan fingerprint density at radius 2 is 1.78 bits per heavy atom. The fourth-order valence-electron chi connectivity index (χ4n) is 2.68. The van der Waals surface area contributed by atoms with E-state index in [9.17, 15) is 9.59 Å². The molecule has 0 unspecified atom stereocenters. The predicted octanol–water partition coefficient (Wildman–Crippen LogP) is 4.10. The number of amides is 2. The fourth-order valence-corrected chi connectivity index (χ4v) is 2.68. The van der Waals surface area contributed by atoms with Crippen molar-refractivity contribution < 1.29 is 14.0 Å². The third kappa shape index (κ3) is 4.61. The lowest BCUT2D eigenvalue weighted by Crippen LogP contribution is -2.16. The molecule has 2 N–H and O–H groups in total. The number of aromatic nitrogens is 1. The maximum absolute atomic E-state index is 12.5. The molecule has 6 heteroatoms. The van der Waals surface area contributed by atoms with E-state index in [4.69, 9.17) is 4.42 Å². The van der Waals surface area contributed by atoms with Crippen molar-refractivity contribution in [2.45, 2.75) is 27.2 Å². The highest BCUT2D eigenvalue weighted by Gasteiger charge is 2.15. The van der Waals surface area contributed by atoms with Gasteiger partial charge >= 0.3 is 0 Å². The first-order valence-corrected chi connectivity index (χ1v) is 8.62. The molecule has 0 aliphatic rings. The number of hydrogen-bond donors (Lipinski definition) is 2. The first-order valence-electron chi connectivity index (χ1n) is 8.62. The van der Waals surface area contributed by atoms with Crippen molar-refractivity contribution in [3.8, 4) is 11.5 Å². The molecule has 0 saturated heterocycles. The summed E-state index contributed by atoms with van der Waals surface area (Å²) in [5.41, 5.74) is 3.65. The van der Waals surface area contributed by atoms with Crippen LogP contribution in [0.1, 0.15) is 23.9 Å². The van der Waals surface area contributed by atoms with Crippen molar-refractivity contribution in [1.82, 2.24) is 4.98 Å². The molecule has 27 heavy (non-hydrogen) atoms. The quantitative estimate of drug-likeness (QED) is 0.715. The molecule has 0 fully saturated rings. The van der Waals surface area contributed by atoms with Gasteiger partial charge in [-0.05, 0) is 43.7 Å². The second-order valence-electron chi connectivity index (χ2n) is 6.32. The van der Waals surface area contributed by atoms with E-state index in [1.54, 1.807) is 19.1 Å². The van der Waals surface area contributed by atoms with E-state index >= 15 is 0 Å². The number of rotatable bonds is 5. The number of carbonyl (C=O) groups excluding carboxylic acids is 2. The maximum atomic E-state index is 12.5. The van der Waals surface area contributed by atoms with Crippen molar-refractivity contribution in [3.63, 3.8) is 0 Å². The molecule has 0 atom stereocenters. The lowest BCUT2D eigenvalue weighted by Gasteiger charge is -2.10. The first-order chi connectivity index (χ1) is 12.9. The molecule has 3 rings (SSSR count). The maximum Gasteiger partial charge on any atom is 0.230 e. The van der Waals surface area contributed by atoms with Crippen molar-refractivity contribution >= 4 is 23.2 Å². The molecule has 0 aliphatic carbocycles. The molecule has 2 aromatic carbocycles. The van der Waals surface area contributed by atoms with E-state index in [1.165, 1.54) is 6.92 Å². The summed E-state index contributed by atoms with van der Waals surface area (Å²) in [6, 6.07) is 14.9. The molecule has 0 bridgehead atoms. The standard InChI is InChI=1S/C21H21N3O3/c1-13-9-10-17(22-15(3)25)11-18(13)23-20(26)12-19-14(2)27-21(24-19)16-7-5-4-6-8-16/h4-11H,12H2,1-3H3,(H,22,25)(H,23,26). The number of nitrogens with zero attached hydrogens (tertiary/aromatic N) is 1. The number of nitrogens with one attached hydrogen (secondary N) is 2. The summed E-state index contributed by atoms with van der Waals surface area (Å²) in [6.45, 7) is 5.13. The zero-order valence-corrected chi connectivity index (χ0v) is 15.5. The van der Waals surface area contributed by atoms with Gasteiger partial charge in [0.05, 0.1) is 12.1 Å². The number of benzene rings is 2. The summed E-state index contributed by atoms with van der Waals surface area (Å²) >= 11 is 0. The fraction of sp³-hybridized carbons (Fsp3) is 0.190. The molecule has 1 aromatic heterocycles. The lowest BCUT2D eigenvalue weighted by molar-refractivity contribution is -0.116. The Hall–Kier alpha value is -3.41. The summed E-state index contributed by atoms with van der Waals surface area (Å²) in [6.07, 6.45) is 0.103. The zero-order chi connectivity index (χ0) is 19.4. The zero-order valence-electron chi connectivity index (χ0n) is 15.5. The van der Waals surface area contributed by atoms with Crippen LogP contribution in [0.2, 0.25) is 0 Å². The Bertz CT molecular complexity index is 978. The number of aryl methyl sites for hydroxylation is 2. The van der Waals surface area contributed by atoms with Crippen molar-refractivity contribution in [2.75, 3.05) is 10.6 Å². The number of hydrogen-bond acceptors (Lipinski definition) is 4. The second kappa shape index (κ2) is 7.86. The van der Waals surface area contributed by atoms with Gasteiger partial charge in [0.2, 0.25) is 17.7 Å². The van der Waals surface area contributed by atoms with Gasteiger partial charge in [-0.3, -0.25) is 9.59 Å². The molecule has 3 aromatic rings. The first kappa shape index (κ1) is 18.4. The van der Waals surface area contributed by atoms with E-state index in [-0.39, 0.29) is 18.2 Å². The minimum atomic E-state index is -0.200. The minimum Gasteiger partial charge on any atom is -0.441 e. The SMILES string of the molecule is CC(=O)Nc1ccc(C)c(NC(=O)Cc2nc(-c3ccccc3)oc2C)c1. The third-order valence-electron chi connectivity index (χ3n) is 4.07. The van der Waals surface area contributed by atoms with Crippen LogP contribution in [0.4, 0.5) is 11.4 Å². The van der Waals surface area contributed by atoms with Gasteiger partial charge in [0.15, 0.2) is 0 Å². The lowest BCUT2D eigenvalue weighted by atomic mass is 10.1. The molecule has 0 spiro atoms. The van der Waals surface area contributed by atoms with E-state index < -0.39 is 0 Å². The highest BCUT2D eigenvalue weighted by atomic mass is 16.4. The Kier molecular flexibility index (Phi) is 5.35. The topological polar surface area (TPSA) is 84.2 Å². The van der Waals surface area contributed by atoms with Crippen molar-refractivity contribution in [3.05, 3.63) is 65.5 Å². The van der Waals surface area contributed by atoms with Gasteiger partial charge in [-0.2, -0.15) is 0 Å². The highest BCUT2D eigenvalue weighted by Crippen LogP contribution is 2.23. The van der Waals surface area contributed by atoms with Crippen LogP contribution in [0.25, 0.3) is 11.5 Å². The van der Waals surface area contributed by atoms with E-state index in [0.29, 0.717) is 28.7 Å². The summed E-state index contributed by atoms with van der Waals surface area (Å²) in [5.74, 6) is 0.754. The number of anilines is 2. The smallest absolute Gasteiger partial charge is 0.230 e. The van der Waals surface area contributed by atoms with Gasteiger partial charge in [-0.15, -0.1) is 0 Å². The molecular formula is C21H21N3O3. The predicted molar refractivity (Wildman–Crippen MR) is 104 cm³/mol. The third-order valence-corrected chi connectivity index (χ3v) is 4.07. The van der Waals surface area contributed by atoms with E-state index in [0.717, 1.165) is 11.1 Å². The molecule has 0 saturated carbocycles. The van der Waals surface area contributed by atoms with Crippen molar-refractivity contribution in [1.29, 1.82) is 0 Å². The van der Waals surface area contributed by atoms with E-state index in [1.807, 2.05) is 43.3 Å². The van der Waals surface area contributed by atoms with Crippen LogP contribution in [-0.4, -0.2) is 16.8 Å². The van der Waals surface area contributed by atoms with Crippen molar-refractivity contribution in [2.24, 2.45) is 0 Å². The van der Waals surface area contributed by atoms with Crippen LogP contribution in [0, 0.1) is 13.8 Å². The molecule has 2 amide bonds. The summed E-state index contributed by atoms with van der Waals surface area (Å²) < 4.78 is 5.70. The monoisotopic (exact) mass is 363 g/mol. The van der Waals surface area contributed by atoms with Gasteiger partial charge in [0, 0.05) is 23.9 Å². The van der Waals surface area contributed by atoms with Crippen LogP contribution in [-0.2, 0) is 16.0 Å². The normalized spacial score (nSPS) is 10.5. The van der Waals surface area contributed by atoms with E-state index in [2.05, 4.69) is 15.6 Å².